The molecule has 3 heterocycles. The molecule has 2 amide bonds. The summed E-state index contributed by atoms with van der Waals surface area (Å²) in [6, 6.07) is 5.68. The maximum absolute atomic E-state index is 12.6. The smallest absolute Gasteiger partial charge is 0.238 e. The highest BCUT2D eigenvalue weighted by molar-refractivity contribution is 8.01. The van der Waals surface area contributed by atoms with Gasteiger partial charge in [-0.3, -0.25) is 9.59 Å². The number of piperidine rings is 1. The monoisotopic (exact) mass is 391 g/mol. The molecule has 1 aromatic heterocycles. The Labute approximate surface area is 160 Å². The average molecular weight is 392 g/mol. The van der Waals surface area contributed by atoms with Crippen molar-refractivity contribution in [2.45, 2.75) is 35.4 Å². The van der Waals surface area contributed by atoms with E-state index in [1.54, 1.807) is 18.5 Å². The normalized spacial score (nSPS) is 20.6. The van der Waals surface area contributed by atoms with Crippen LogP contribution in [0.1, 0.15) is 25.3 Å². The van der Waals surface area contributed by atoms with Gasteiger partial charge in [-0.05, 0) is 31.0 Å². The molecule has 1 fully saturated rings. The highest BCUT2D eigenvalue weighted by Crippen LogP contribution is 2.38. The maximum Gasteiger partial charge on any atom is 0.238 e. The van der Waals surface area contributed by atoms with Crippen LogP contribution in [0.5, 0.6) is 0 Å². The number of aromatic nitrogens is 3. The number of thioether (sulfide) groups is 1. The number of amides is 2. The molecule has 0 bridgehead atoms. The Morgan fingerprint density at radius 1 is 1.35 bits per heavy atom. The van der Waals surface area contributed by atoms with Crippen LogP contribution in [0.15, 0.2) is 35.7 Å². The lowest BCUT2D eigenvalue weighted by Crippen LogP contribution is -2.42. The first-order valence-electron chi connectivity index (χ1n) is 8.49. The number of benzene rings is 1. The standard InChI is InChI=1S/C17H18ClN5O2S/c18-11-1-2-14-13(7-11)21-17(25)15(26-14)8-16(24)22-5-3-12(4-6-22)23-10-19-9-20-23/h1-2,7,9-10,12,15H,3-6,8H2,(H,21,25)/t15-/m1/s1. The summed E-state index contributed by atoms with van der Waals surface area (Å²) < 4.78 is 1.86. The van der Waals surface area contributed by atoms with E-state index >= 15 is 0 Å². The summed E-state index contributed by atoms with van der Waals surface area (Å²) in [5.74, 6) is -0.122. The number of halogens is 1. The second-order valence-electron chi connectivity index (χ2n) is 6.43. The Morgan fingerprint density at radius 3 is 2.88 bits per heavy atom. The number of fused-ring (bicyclic) bond motifs is 1. The first-order chi connectivity index (χ1) is 12.6. The van der Waals surface area contributed by atoms with E-state index in [1.807, 2.05) is 15.6 Å². The zero-order valence-corrected chi connectivity index (χ0v) is 15.5. The third kappa shape index (κ3) is 3.57. The molecule has 1 N–H and O–H groups in total. The molecule has 2 aromatic rings. The van der Waals surface area contributed by atoms with Crippen LogP contribution in [0.4, 0.5) is 5.69 Å². The van der Waals surface area contributed by atoms with Crippen LogP contribution in [0.2, 0.25) is 5.02 Å². The molecule has 0 saturated carbocycles. The summed E-state index contributed by atoms with van der Waals surface area (Å²) in [5.41, 5.74) is 0.713. The van der Waals surface area contributed by atoms with Crippen LogP contribution in [0.25, 0.3) is 0 Å². The number of nitrogens with zero attached hydrogens (tertiary/aromatic N) is 4. The molecule has 136 valence electrons. The first-order valence-corrected chi connectivity index (χ1v) is 9.75. The summed E-state index contributed by atoms with van der Waals surface area (Å²) in [6.45, 7) is 1.35. The Bertz CT molecular complexity index is 821. The lowest BCUT2D eigenvalue weighted by Gasteiger charge is -2.33. The lowest BCUT2D eigenvalue weighted by atomic mass is 10.0. The van der Waals surface area contributed by atoms with Crippen molar-refractivity contribution < 1.29 is 9.59 Å². The minimum Gasteiger partial charge on any atom is -0.342 e. The van der Waals surface area contributed by atoms with Crippen molar-refractivity contribution in [1.82, 2.24) is 19.7 Å². The van der Waals surface area contributed by atoms with Gasteiger partial charge in [0.2, 0.25) is 11.8 Å². The van der Waals surface area contributed by atoms with Gasteiger partial charge in [-0.1, -0.05) is 11.6 Å². The second kappa shape index (κ2) is 7.28. The lowest BCUT2D eigenvalue weighted by molar-refractivity contribution is -0.133. The number of carbonyl (C=O) groups is 2. The highest BCUT2D eigenvalue weighted by Gasteiger charge is 2.32. The molecule has 0 spiro atoms. The van der Waals surface area contributed by atoms with Crippen LogP contribution in [0, 0.1) is 0 Å². The Hall–Kier alpha value is -2.06. The molecule has 9 heteroatoms. The van der Waals surface area contributed by atoms with Gasteiger partial charge in [0, 0.05) is 29.4 Å². The zero-order valence-electron chi connectivity index (χ0n) is 14.0. The molecule has 2 aliphatic rings. The third-order valence-corrected chi connectivity index (χ3v) is 6.26. The van der Waals surface area contributed by atoms with Gasteiger partial charge in [0.15, 0.2) is 0 Å². The number of nitrogens with one attached hydrogen (secondary N) is 1. The number of hydrogen-bond donors (Lipinski definition) is 1. The number of anilines is 1. The topological polar surface area (TPSA) is 80.1 Å². The molecule has 0 unspecified atom stereocenters. The molecule has 4 rings (SSSR count). The van der Waals surface area contributed by atoms with Gasteiger partial charge >= 0.3 is 0 Å². The zero-order chi connectivity index (χ0) is 18.1. The van der Waals surface area contributed by atoms with E-state index < -0.39 is 5.25 Å². The van der Waals surface area contributed by atoms with E-state index in [1.165, 1.54) is 18.1 Å². The summed E-state index contributed by atoms with van der Waals surface area (Å²) in [6.07, 6.45) is 5.14. The predicted octanol–water partition coefficient (Wildman–Crippen LogP) is 2.60. The largest absolute Gasteiger partial charge is 0.342 e. The van der Waals surface area contributed by atoms with Crippen molar-refractivity contribution in [2.24, 2.45) is 0 Å². The van der Waals surface area contributed by atoms with E-state index in [9.17, 15) is 9.59 Å². The Kier molecular flexibility index (Phi) is 4.86. The minimum absolute atomic E-state index is 0.0205. The molecule has 7 nitrogen and oxygen atoms in total. The molecule has 0 aliphatic carbocycles. The summed E-state index contributed by atoms with van der Waals surface area (Å²) in [5, 5.41) is 7.19. The quantitative estimate of drug-likeness (QED) is 0.869. The summed E-state index contributed by atoms with van der Waals surface area (Å²) >= 11 is 7.39. The van der Waals surface area contributed by atoms with E-state index in [0.717, 1.165) is 17.7 Å². The SMILES string of the molecule is O=C1Nc2cc(Cl)ccc2S[C@@H]1CC(=O)N1CCC(n2cncn2)CC1. The van der Waals surface area contributed by atoms with Gasteiger partial charge < -0.3 is 10.2 Å². The first kappa shape index (κ1) is 17.4. The number of carbonyl (C=O) groups excluding carboxylic acids is 2. The van der Waals surface area contributed by atoms with Gasteiger partial charge in [-0.15, -0.1) is 11.8 Å². The number of rotatable bonds is 3. The van der Waals surface area contributed by atoms with Crippen molar-refractivity contribution in [2.75, 3.05) is 18.4 Å². The van der Waals surface area contributed by atoms with Gasteiger partial charge in [-0.2, -0.15) is 5.10 Å². The van der Waals surface area contributed by atoms with Gasteiger partial charge in [0.25, 0.3) is 0 Å². The average Bonchev–Trinajstić information content (AvgIpc) is 3.17. The fraction of sp³-hybridized carbons (Fsp3) is 0.412. The van der Waals surface area contributed by atoms with Gasteiger partial charge in [0.05, 0.1) is 17.0 Å². The van der Waals surface area contributed by atoms with Crippen molar-refractivity contribution in [3.05, 3.63) is 35.9 Å². The highest BCUT2D eigenvalue weighted by atomic mass is 35.5. The van der Waals surface area contributed by atoms with Crippen molar-refractivity contribution in [3.8, 4) is 0 Å². The molecular formula is C17H18ClN5O2S. The number of likely N-dealkylation sites (tertiary alicyclic amines) is 1. The van der Waals surface area contributed by atoms with Crippen molar-refractivity contribution in [3.63, 3.8) is 0 Å². The van der Waals surface area contributed by atoms with Crippen LogP contribution in [-0.4, -0.2) is 49.8 Å². The van der Waals surface area contributed by atoms with Crippen molar-refractivity contribution >= 4 is 40.9 Å². The van der Waals surface area contributed by atoms with E-state index in [0.29, 0.717) is 23.8 Å². The Balaban J connectivity index is 1.35. The van der Waals surface area contributed by atoms with Gasteiger partial charge in [0.1, 0.15) is 12.7 Å². The predicted molar refractivity (Wildman–Crippen MR) is 99.2 cm³/mol. The van der Waals surface area contributed by atoms with Crippen LogP contribution >= 0.6 is 23.4 Å². The van der Waals surface area contributed by atoms with Crippen LogP contribution in [0.3, 0.4) is 0 Å². The molecule has 1 atom stereocenters. The fourth-order valence-electron chi connectivity index (χ4n) is 3.33. The summed E-state index contributed by atoms with van der Waals surface area (Å²) in [7, 11) is 0. The van der Waals surface area contributed by atoms with E-state index in [-0.39, 0.29) is 24.3 Å². The fourth-order valence-corrected chi connectivity index (χ4v) is 4.58. The molecule has 1 aromatic carbocycles. The van der Waals surface area contributed by atoms with Gasteiger partial charge in [-0.25, -0.2) is 9.67 Å². The molecule has 26 heavy (non-hydrogen) atoms. The molecule has 2 aliphatic heterocycles. The molecular weight excluding hydrogens is 374 g/mol. The van der Waals surface area contributed by atoms with Crippen LogP contribution in [-0.2, 0) is 9.59 Å². The molecule has 1 saturated heterocycles. The minimum atomic E-state index is -0.413. The van der Waals surface area contributed by atoms with E-state index in [2.05, 4.69) is 15.4 Å². The molecule has 0 radical (unpaired) electrons. The third-order valence-electron chi connectivity index (χ3n) is 4.75. The van der Waals surface area contributed by atoms with E-state index in [4.69, 9.17) is 11.6 Å². The Morgan fingerprint density at radius 2 is 2.15 bits per heavy atom. The summed E-state index contributed by atoms with van der Waals surface area (Å²) in [4.78, 5) is 31.7. The second-order valence-corrected chi connectivity index (χ2v) is 8.11. The number of hydrogen-bond acceptors (Lipinski definition) is 5. The van der Waals surface area contributed by atoms with Crippen molar-refractivity contribution in [1.29, 1.82) is 0 Å². The van der Waals surface area contributed by atoms with Crippen LogP contribution < -0.4 is 5.32 Å². The maximum atomic E-state index is 12.6.